The number of rotatable bonds is 5. The molecule has 0 saturated heterocycles. The Morgan fingerprint density at radius 1 is 1.44 bits per heavy atom. The molecule has 1 aromatic heterocycles. The van der Waals surface area contributed by atoms with Crippen LogP contribution in [-0.2, 0) is 17.9 Å². The molecule has 0 amide bonds. The lowest BCUT2D eigenvalue weighted by Gasteiger charge is -2.26. The van der Waals surface area contributed by atoms with Crippen LogP contribution in [0.4, 0.5) is 0 Å². The van der Waals surface area contributed by atoms with E-state index in [1.54, 1.807) is 10.9 Å². The Balaban J connectivity index is 1.85. The van der Waals surface area contributed by atoms with Crippen molar-refractivity contribution in [1.82, 2.24) is 15.0 Å². The van der Waals surface area contributed by atoms with Crippen molar-refractivity contribution in [2.45, 2.75) is 52.1 Å². The minimum Gasteiger partial charge on any atom is -0.325 e. The fourth-order valence-corrected chi connectivity index (χ4v) is 2.69. The molecule has 5 nitrogen and oxygen atoms in total. The van der Waals surface area contributed by atoms with Gasteiger partial charge in [-0.15, -0.1) is 5.10 Å². The minimum absolute atomic E-state index is 0.221. The molecule has 18 heavy (non-hydrogen) atoms. The van der Waals surface area contributed by atoms with Crippen molar-refractivity contribution in [2.75, 3.05) is 0 Å². The first-order chi connectivity index (χ1) is 8.72. The zero-order chi connectivity index (χ0) is 13.0. The van der Waals surface area contributed by atoms with E-state index in [2.05, 4.69) is 17.2 Å². The second-order valence-corrected chi connectivity index (χ2v) is 5.20. The van der Waals surface area contributed by atoms with Gasteiger partial charge in [-0.1, -0.05) is 18.6 Å². The van der Waals surface area contributed by atoms with Gasteiger partial charge in [-0.05, 0) is 31.6 Å². The SMILES string of the molecule is CCC1CCC(C(=O)Cn2cc(CN)nn2)CC1. The number of nitrogens with zero attached hydrogens (tertiary/aromatic N) is 3. The molecule has 0 unspecified atom stereocenters. The lowest BCUT2D eigenvalue weighted by molar-refractivity contribution is -0.124. The molecule has 0 aromatic carbocycles. The van der Waals surface area contributed by atoms with Crippen molar-refractivity contribution < 1.29 is 4.79 Å². The molecule has 2 rings (SSSR count). The summed E-state index contributed by atoms with van der Waals surface area (Å²) in [4.78, 5) is 12.1. The number of hydrogen-bond donors (Lipinski definition) is 1. The van der Waals surface area contributed by atoms with E-state index in [0.717, 1.165) is 24.5 Å². The number of ketones is 1. The molecule has 100 valence electrons. The molecule has 1 saturated carbocycles. The summed E-state index contributed by atoms with van der Waals surface area (Å²) in [5.74, 6) is 1.33. The Bertz CT molecular complexity index is 393. The fraction of sp³-hybridized carbons (Fsp3) is 0.769. The first-order valence-corrected chi connectivity index (χ1v) is 6.84. The molecule has 1 aliphatic carbocycles. The van der Waals surface area contributed by atoms with Crippen molar-refractivity contribution >= 4 is 5.78 Å². The van der Waals surface area contributed by atoms with Crippen molar-refractivity contribution in [1.29, 1.82) is 0 Å². The number of carbonyl (C=O) groups is 1. The van der Waals surface area contributed by atoms with Gasteiger partial charge >= 0.3 is 0 Å². The van der Waals surface area contributed by atoms with Gasteiger partial charge in [0.1, 0.15) is 6.54 Å². The normalized spacial score (nSPS) is 24.1. The predicted molar refractivity (Wildman–Crippen MR) is 68.7 cm³/mol. The van der Waals surface area contributed by atoms with Crippen LogP contribution in [0.1, 0.15) is 44.7 Å². The molecule has 1 aliphatic rings. The van der Waals surface area contributed by atoms with Crippen molar-refractivity contribution in [2.24, 2.45) is 17.6 Å². The molecule has 2 N–H and O–H groups in total. The summed E-state index contributed by atoms with van der Waals surface area (Å²) < 4.78 is 1.61. The van der Waals surface area contributed by atoms with Gasteiger partial charge in [-0.3, -0.25) is 4.79 Å². The maximum absolute atomic E-state index is 12.1. The van der Waals surface area contributed by atoms with Crippen molar-refractivity contribution in [3.63, 3.8) is 0 Å². The lowest BCUT2D eigenvalue weighted by Crippen LogP contribution is -2.25. The van der Waals surface area contributed by atoms with Crippen LogP contribution in [0.5, 0.6) is 0 Å². The van der Waals surface area contributed by atoms with Gasteiger partial charge in [0.05, 0.1) is 11.9 Å². The van der Waals surface area contributed by atoms with E-state index in [0.29, 0.717) is 13.1 Å². The second-order valence-electron chi connectivity index (χ2n) is 5.20. The predicted octanol–water partition coefficient (Wildman–Crippen LogP) is 1.52. The molecular formula is C13H22N4O. The molecule has 0 spiro atoms. The Kier molecular flexibility index (Phi) is 4.47. The third kappa shape index (κ3) is 3.16. The van der Waals surface area contributed by atoms with Crippen LogP contribution >= 0.6 is 0 Å². The fourth-order valence-electron chi connectivity index (χ4n) is 2.69. The molecule has 1 fully saturated rings. The number of Topliss-reactive ketones (excluding diaryl/α,β-unsaturated/α-hetero) is 1. The molecule has 0 radical (unpaired) electrons. The lowest BCUT2D eigenvalue weighted by atomic mass is 9.79. The summed E-state index contributed by atoms with van der Waals surface area (Å²) in [5, 5.41) is 7.81. The van der Waals surface area contributed by atoms with Crippen LogP contribution < -0.4 is 5.73 Å². The quantitative estimate of drug-likeness (QED) is 0.860. The highest BCUT2D eigenvalue weighted by Gasteiger charge is 2.25. The molecular weight excluding hydrogens is 228 g/mol. The topological polar surface area (TPSA) is 73.8 Å². The summed E-state index contributed by atoms with van der Waals surface area (Å²) in [6, 6.07) is 0. The average Bonchev–Trinajstić information content (AvgIpc) is 2.86. The monoisotopic (exact) mass is 250 g/mol. The van der Waals surface area contributed by atoms with Crippen molar-refractivity contribution in [3.05, 3.63) is 11.9 Å². The maximum Gasteiger partial charge on any atom is 0.157 e. The van der Waals surface area contributed by atoms with Gasteiger partial charge in [0.25, 0.3) is 0 Å². The Labute approximate surface area is 108 Å². The number of aromatic nitrogens is 3. The standard InChI is InChI=1S/C13H22N4O/c1-2-10-3-5-11(6-4-10)13(18)9-17-8-12(7-14)15-16-17/h8,10-11H,2-7,9,14H2,1H3. The van der Waals surface area contributed by atoms with E-state index < -0.39 is 0 Å². The van der Waals surface area contributed by atoms with Crippen LogP contribution in [-0.4, -0.2) is 20.8 Å². The van der Waals surface area contributed by atoms with E-state index in [-0.39, 0.29) is 11.7 Å². The summed E-state index contributed by atoms with van der Waals surface area (Å²) >= 11 is 0. The highest BCUT2D eigenvalue weighted by Crippen LogP contribution is 2.31. The minimum atomic E-state index is 0.221. The third-order valence-electron chi connectivity index (χ3n) is 3.99. The summed E-state index contributed by atoms with van der Waals surface area (Å²) in [5.41, 5.74) is 6.20. The summed E-state index contributed by atoms with van der Waals surface area (Å²) in [6.45, 7) is 2.95. The van der Waals surface area contributed by atoms with Crippen LogP contribution in [0.2, 0.25) is 0 Å². The van der Waals surface area contributed by atoms with E-state index in [4.69, 9.17) is 5.73 Å². The zero-order valence-corrected chi connectivity index (χ0v) is 11.0. The van der Waals surface area contributed by atoms with Gasteiger partial charge in [0, 0.05) is 12.5 Å². The average molecular weight is 250 g/mol. The van der Waals surface area contributed by atoms with E-state index in [9.17, 15) is 4.79 Å². The van der Waals surface area contributed by atoms with E-state index in [1.807, 2.05) is 0 Å². The largest absolute Gasteiger partial charge is 0.325 e. The third-order valence-corrected chi connectivity index (χ3v) is 3.99. The summed E-state index contributed by atoms with van der Waals surface area (Å²) in [6.07, 6.45) is 7.46. The Morgan fingerprint density at radius 3 is 2.72 bits per heavy atom. The summed E-state index contributed by atoms with van der Waals surface area (Å²) in [7, 11) is 0. The zero-order valence-electron chi connectivity index (χ0n) is 11.0. The number of carbonyl (C=O) groups excluding carboxylic acids is 1. The van der Waals surface area contributed by atoms with Crippen LogP contribution in [0, 0.1) is 11.8 Å². The molecule has 0 aliphatic heterocycles. The molecule has 1 aromatic rings. The molecule has 0 atom stereocenters. The molecule has 1 heterocycles. The van der Waals surface area contributed by atoms with Crippen LogP contribution in [0.3, 0.4) is 0 Å². The van der Waals surface area contributed by atoms with E-state index in [1.165, 1.54) is 19.3 Å². The van der Waals surface area contributed by atoms with Crippen LogP contribution in [0.15, 0.2) is 6.20 Å². The smallest absolute Gasteiger partial charge is 0.157 e. The highest BCUT2D eigenvalue weighted by atomic mass is 16.1. The maximum atomic E-state index is 12.1. The second kappa shape index (κ2) is 6.09. The van der Waals surface area contributed by atoms with Gasteiger partial charge < -0.3 is 5.73 Å². The van der Waals surface area contributed by atoms with Gasteiger partial charge in [0.2, 0.25) is 0 Å². The first-order valence-electron chi connectivity index (χ1n) is 6.84. The Morgan fingerprint density at radius 2 is 2.17 bits per heavy atom. The highest BCUT2D eigenvalue weighted by molar-refractivity contribution is 5.80. The number of hydrogen-bond acceptors (Lipinski definition) is 4. The Hall–Kier alpha value is -1.23. The van der Waals surface area contributed by atoms with Gasteiger partial charge in [0.15, 0.2) is 5.78 Å². The number of nitrogens with two attached hydrogens (primary N) is 1. The first kappa shape index (κ1) is 13.2. The molecule has 0 bridgehead atoms. The van der Waals surface area contributed by atoms with Crippen molar-refractivity contribution in [3.8, 4) is 0 Å². The van der Waals surface area contributed by atoms with E-state index >= 15 is 0 Å². The van der Waals surface area contributed by atoms with Gasteiger partial charge in [-0.2, -0.15) is 0 Å². The van der Waals surface area contributed by atoms with Crippen LogP contribution in [0.25, 0.3) is 0 Å². The van der Waals surface area contributed by atoms with Gasteiger partial charge in [-0.25, -0.2) is 4.68 Å². The molecule has 5 heteroatoms.